The molecular formula is C16H25NO. The fourth-order valence-corrected chi connectivity index (χ4v) is 2.69. The third-order valence-electron chi connectivity index (χ3n) is 3.71. The minimum absolute atomic E-state index is 0.728. The van der Waals surface area contributed by atoms with Gasteiger partial charge in [-0.3, -0.25) is 0 Å². The Hall–Kier alpha value is -1.18. The molecule has 0 spiro atoms. The van der Waals surface area contributed by atoms with Crippen LogP contribution in [0.1, 0.15) is 45.4 Å². The van der Waals surface area contributed by atoms with Gasteiger partial charge in [0.1, 0.15) is 5.75 Å². The van der Waals surface area contributed by atoms with Crippen molar-refractivity contribution in [1.29, 1.82) is 0 Å². The highest BCUT2D eigenvalue weighted by atomic mass is 16.5. The number of benzene rings is 1. The van der Waals surface area contributed by atoms with Crippen LogP contribution in [-0.2, 0) is 0 Å². The summed E-state index contributed by atoms with van der Waals surface area (Å²) in [6.45, 7) is 3.85. The smallest absolute Gasteiger partial charge is 0.121 e. The molecule has 1 aromatic carbocycles. The van der Waals surface area contributed by atoms with Crippen molar-refractivity contribution in [3.05, 3.63) is 24.3 Å². The molecule has 0 unspecified atom stereocenters. The highest BCUT2D eigenvalue weighted by molar-refractivity contribution is 5.48. The number of anilines is 1. The molecule has 2 nitrogen and oxygen atoms in total. The van der Waals surface area contributed by atoms with Crippen LogP contribution in [0.25, 0.3) is 0 Å². The van der Waals surface area contributed by atoms with E-state index in [4.69, 9.17) is 4.74 Å². The second kappa shape index (κ2) is 7.30. The zero-order valence-electron chi connectivity index (χ0n) is 11.5. The van der Waals surface area contributed by atoms with Crippen LogP contribution >= 0.6 is 0 Å². The largest absolute Gasteiger partial charge is 0.494 e. The van der Waals surface area contributed by atoms with Gasteiger partial charge in [-0.25, -0.2) is 0 Å². The van der Waals surface area contributed by atoms with Crippen LogP contribution in [-0.4, -0.2) is 13.2 Å². The van der Waals surface area contributed by atoms with Crippen LogP contribution in [0, 0.1) is 5.92 Å². The summed E-state index contributed by atoms with van der Waals surface area (Å²) in [6, 6.07) is 8.29. The molecule has 1 N–H and O–H groups in total. The number of rotatable bonds is 5. The Bertz CT molecular complexity index is 343. The predicted molar refractivity (Wildman–Crippen MR) is 77.3 cm³/mol. The third kappa shape index (κ3) is 4.25. The molecule has 2 heteroatoms. The van der Waals surface area contributed by atoms with Crippen molar-refractivity contribution >= 4 is 5.69 Å². The first kappa shape index (κ1) is 13.3. The van der Waals surface area contributed by atoms with Gasteiger partial charge in [0.25, 0.3) is 0 Å². The van der Waals surface area contributed by atoms with Gasteiger partial charge >= 0.3 is 0 Å². The standard InChI is InChI=1S/C16H25NO/c1-2-18-16-11-7-10-15(12-16)17-13-14-8-5-3-4-6-9-14/h7,10-12,14,17H,2-6,8-9,13H2,1H3. The normalized spacial score (nSPS) is 17.2. The SMILES string of the molecule is CCOc1cccc(NCC2CCCCCC2)c1. The highest BCUT2D eigenvalue weighted by Crippen LogP contribution is 2.24. The molecule has 0 aliphatic heterocycles. The summed E-state index contributed by atoms with van der Waals surface area (Å²) in [5.41, 5.74) is 1.19. The lowest BCUT2D eigenvalue weighted by molar-refractivity contribution is 0.340. The topological polar surface area (TPSA) is 21.3 Å². The molecule has 1 aliphatic rings. The summed E-state index contributed by atoms with van der Waals surface area (Å²) < 4.78 is 5.52. The first-order valence-corrected chi connectivity index (χ1v) is 7.35. The Morgan fingerprint density at radius 2 is 1.94 bits per heavy atom. The van der Waals surface area contributed by atoms with Crippen molar-refractivity contribution in [2.45, 2.75) is 45.4 Å². The van der Waals surface area contributed by atoms with Gasteiger partial charge in [-0.2, -0.15) is 0 Å². The van der Waals surface area contributed by atoms with Gasteiger partial charge in [0.2, 0.25) is 0 Å². The molecule has 1 aromatic rings. The monoisotopic (exact) mass is 247 g/mol. The maximum absolute atomic E-state index is 5.52. The maximum Gasteiger partial charge on any atom is 0.121 e. The first-order chi connectivity index (χ1) is 8.88. The Labute approximate surface area is 111 Å². The van der Waals surface area contributed by atoms with E-state index < -0.39 is 0 Å². The summed E-state index contributed by atoms with van der Waals surface area (Å²) in [4.78, 5) is 0. The minimum Gasteiger partial charge on any atom is -0.494 e. The maximum atomic E-state index is 5.52. The van der Waals surface area contributed by atoms with Gasteiger partial charge in [-0.05, 0) is 37.8 Å². The first-order valence-electron chi connectivity index (χ1n) is 7.35. The van der Waals surface area contributed by atoms with Crippen LogP contribution < -0.4 is 10.1 Å². The molecule has 0 heterocycles. The zero-order chi connectivity index (χ0) is 12.6. The molecule has 0 saturated heterocycles. The fourth-order valence-electron chi connectivity index (χ4n) is 2.69. The van der Waals surface area contributed by atoms with E-state index in [9.17, 15) is 0 Å². The molecule has 2 rings (SSSR count). The number of hydrogen-bond donors (Lipinski definition) is 1. The fraction of sp³-hybridized carbons (Fsp3) is 0.625. The van der Waals surface area contributed by atoms with Crippen LogP contribution in [0.15, 0.2) is 24.3 Å². The van der Waals surface area contributed by atoms with Crippen LogP contribution in [0.3, 0.4) is 0 Å². The molecule has 18 heavy (non-hydrogen) atoms. The summed E-state index contributed by atoms with van der Waals surface area (Å²) in [6.07, 6.45) is 8.44. The van der Waals surface area contributed by atoms with Crippen LogP contribution in [0.2, 0.25) is 0 Å². The van der Waals surface area contributed by atoms with Gasteiger partial charge in [0, 0.05) is 18.3 Å². The second-order valence-corrected chi connectivity index (χ2v) is 5.20. The van der Waals surface area contributed by atoms with E-state index in [-0.39, 0.29) is 0 Å². The van der Waals surface area contributed by atoms with Gasteiger partial charge in [-0.15, -0.1) is 0 Å². The van der Waals surface area contributed by atoms with Gasteiger partial charge in [-0.1, -0.05) is 31.7 Å². The summed E-state index contributed by atoms with van der Waals surface area (Å²) in [5, 5.41) is 3.56. The lowest BCUT2D eigenvalue weighted by Gasteiger charge is -2.16. The van der Waals surface area contributed by atoms with E-state index in [1.807, 2.05) is 13.0 Å². The predicted octanol–water partition coefficient (Wildman–Crippen LogP) is 4.47. The van der Waals surface area contributed by atoms with E-state index >= 15 is 0 Å². The van der Waals surface area contributed by atoms with Crippen molar-refractivity contribution < 1.29 is 4.74 Å². The highest BCUT2D eigenvalue weighted by Gasteiger charge is 2.11. The van der Waals surface area contributed by atoms with Gasteiger partial charge < -0.3 is 10.1 Å². The lowest BCUT2D eigenvalue weighted by atomic mass is 10.0. The van der Waals surface area contributed by atoms with E-state index in [2.05, 4.69) is 23.5 Å². The molecule has 0 aromatic heterocycles. The quantitative estimate of drug-likeness (QED) is 0.775. The lowest BCUT2D eigenvalue weighted by Crippen LogP contribution is -2.13. The van der Waals surface area contributed by atoms with E-state index in [1.165, 1.54) is 44.2 Å². The zero-order valence-corrected chi connectivity index (χ0v) is 11.5. The average Bonchev–Trinajstić information content (AvgIpc) is 2.66. The Balaban J connectivity index is 1.83. The van der Waals surface area contributed by atoms with Crippen molar-refractivity contribution in [3.63, 3.8) is 0 Å². The molecule has 0 amide bonds. The molecule has 0 atom stereocenters. The second-order valence-electron chi connectivity index (χ2n) is 5.20. The van der Waals surface area contributed by atoms with Crippen molar-refractivity contribution in [3.8, 4) is 5.75 Å². The van der Waals surface area contributed by atoms with E-state index in [0.717, 1.165) is 24.8 Å². The average molecular weight is 247 g/mol. The molecule has 1 saturated carbocycles. The molecule has 100 valence electrons. The summed E-state index contributed by atoms with van der Waals surface area (Å²) in [7, 11) is 0. The number of nitrogens with one attached hydrogen (secondary N) is 1. The van der Waals surface area contributed by atoms with Gasteiger partial charge in [0.05, 0.1) is 6.61 Å². The van der Waals surface area contributed by atoms with Crippen molar-refractivity contribution in [1.82, 2.24) is 0 Å². The van der Waals surface area contributed by atoms with Gasteiger partial charge in [0.15, 0.2) is 0 Å². The Morgan fingerprint density at radius 3 is 2.67 bits per heavy atom. The Morgan fingerprint density at radius 1 is 1.17 bits per heavy atom. The summed E-state index contributed by atoms with van der Waals surface area (Å²) >= 11 is 0. The van der Waals surface area contributed by atoms with Crippen molar-refractivity contribution in [2.24, 2.45) is 5.92 Å². The summed E-state index contributed by atoms with van der Waals surface area (Å²) in [5.74, 6) is 1.81. The van der Waals surface area contributed by atoms with Crippen LogP contribution in [0.5, 0.6) is 5.75 Å². The Kier molecular flexibility index (Phi) is 5.37. The minimum atomic E-state index is 0.728. The molecule has 0 bridgehead atoms. The molecular weight excluding hydrogens is 222 g/mol. The van der Waals surface area contributed by atoms with Crippen molar-refractivity contribution in [2.75, 3.05) is 18.5 Å². The number of hydrogen-bond acceptors (Lipinski definition) is 2. The molecule has 0 radical (unpaired) electrons. The molecule has 1 fully saturated rings. The molecule has 1 aliphatic carbocycles. The van der Waals surface area contributed by atoms with E-state index in [0.29, 0.717) is 0 Å². The van der Waals surface area contributed by atoms with Crippen LogP contribution in [0.4, 0.5) is 5.69 Å². The van der Waals surface area contributed by atoms with E-state index in [1.54, 1.807) is 0 Å². The third-order valence-corrected chi connectivity index (χ3v) is 3.71. The number of ether oxygens (including phenoxy) is 1.